The van der Waals surface area contributed by atoms with Crippen LogP contribution in [0.15, 0.2) is 18.2 Å². The summed E-state index contributed by atoms with van der Waals surface area (Å²) in [5.41, 5.74) is 0.659. The largest absolute Gasteiger partial charge is 0.304 e. The smallest absolute Gasteiger partial charge is 0.299 e. The van der Waals surface area contributed by atoms with Crippen LogP contribution in [0, 0.1) is 0 Å². The van der Waals surface area contributed by atoms with Crippen LogP contribution >= 0.6 is 11.6 Å². The minimum absolute atomic E-state index is 0.0275. The van der Waals surface area contributed by atoms with Gasteiger partial charge in [-0.1, -0.05) is 18.5 Å². The lowest BCUT2D eigenvalue weighted by Gasteiger charge is -2.16. The molecule has 0 spiro atoms. The maximum Gasteiger partial charge on any atom is 0.299 e. The molecule has 20 heavy (non-hydrogen) atoms. The number of fused-ring (bicyclic) bond motifs is 1. The zero-order chi connectivity index (χ0) is 14.9. The number of rotatable bonds is 5. The molecule has 0 unspecified atom stereocenters. The molecule has 0 N–H and O–H groups in total. The van der Waals surface area contributed by atoms with Crippen molar-refractivity contribution in [3.63, 3.8) is 0 Å². The maximum absolute atomic E-state index is 11.9. The van der Waals surface area contributed by atoms with E-state index in [0.717, 1.165) is 0 Å². The maximum atomic E-state index is 11.9. The van der Waals surface area contributed by atoms with E-state index in [2.05, 4.69) is 0 Å². The van der Waals surface area contributed by atoms with E-state index < -0.39 is 21.5 Å². The van der Waals surface area contributed by atoms with Crippen molar-refractivity contribution in [3.05, 3.63) is 28.8 Å². The van der Waals surface area contributed by atoms with Gasteiger partial charge in [-0.05, 0) is 24.6 Å². The number of sulfone groups is 1. The van der Waals surface area contributed by atoms with Gasteiger partial charge in [-0.15, -0.1) is 0 Å². The Morgan fingerprint density at radius 2 is 1.90 bits per heavy atom. The van der Waals surface area contributed by atoms with E-state index in [-0.39, 0.29) is 23.6 Å². The quantitative estimate of drug-likeness (QED) is 0.775. The first kappa shape index (κ1) is 15.0. The van der Waals surface area contributed by atoms with Crippen LogP contribution in [0.2, 0.25) is 5.02 Å². The lowest BCUT2D eigenvalue weighted by molar-refractivity contribution is -0.114. The number of ketones is 1. The molecule has 0 atom stereocenters. The lowest BCUT2D eigenvalue weighted by Crippen LogP contribution is -2.34. The number of carbonyl (C=O) groups excluding carboxylic acids is 2. The molecule has 0 saturated heterocycles. The highest BCUT2D eigenvalue weighted by Crippen LogP contribution is 2.31. The van der Waals surface area contributed by atoms with Crippen LogP contribution in [0.4, 0.5) is 5.69 Å². The third-order valence-corrected chi connectivity index (χ3v) is 5.15. The van der Waals surface area contributed by atoms with Gasteiger partial charge in [0, 0.05) is 17.3 Å². The number of Topliss-reactive ketones (excluding diaryl/α,β-unsaturated/α-hetero) is 1. The van der Waals surface area contributed by atoms with E-state index >= 15 is 0 Å². The fourth-order valence-electron chi connectivity index (χ4n) is 2.13. The van der Waals surface area contributed by atoms with Crippen LogP contribution in [0.1, 0.15) is 23.7 Å². The molecule has 2 rings (SSSR count). The molecule has 0 fully saturated rings. The molecule has 0 saturated carbocycles. The second kappa shape index (κ2) is 5.54. The van der Waals surface area contributed by atoms with E-state index in [9.17, 15) is 18.0 Å². The molecule has 108 valence electrons. The molecule has 1 aliphatic heterocycles. The fraction of sp³-hybridized carbons (Fsp3) is 0.385. The Balaban J connectivity index is 2.24. The summed E-state index contributed by atoms with van der Waals surface area (Å²) in [5.74, 6) is -1.41. The minimum Gasteiger partial charge on any atom is -0.304 e. The van der Waals surface area contributed by atoms with Gasteiger partial charge in [0.15, 0.2) is 9.84 Å². The summed E-state index contributed by atoms with van der Waals surface area (Å²) in [7, 11) is -3.21. The van der Waals surface area contributed by atoms with E-state index in [1.165, 1.54) is 23.1 Å². The van der Waals surface area contributed by atoms with Gasteiger partial charge >= 0.3 is 0 Å². The average Bonchev–Trinajstić information content (AvgIpc) is 2.59. The van der Waals surface area contributed by atoms with Crippen molar-refractivity contribution in [2.45, 2.75) is 13.3 Å². The predicted molar refractivity (Wildman–Crippen MR) is 77.1 cm³/mol. The van der Waals surface area contributed by atoms with Gasteiger partial charge in [0.05, 0.1) is 17.0 Å². The Morgan fingerprint density at radius 1 is 1.20 bits per heavy atom. The Bertz CT molecular complexity index is 669. The van der Waals surface area contributed by atoms with E-state index in [1.54, 1.807) is 6.92 Å². The van der Waals surface area contributed by atoms with Crippen molar-refractivity contribution in [1.82, 2.24) is 0 Å². The average molecular weight is 316 g/mol. The topological polar surface area (TPSA) is 71.5 Å². The molecule has 1 aliphatic rings. The standard InChI is InChI=1S/C13H14ClNO4S/c1-2-6-20(18,19)7-5-15-11-8-9(14)3-4-10(11)12(16)13(15)17/h3-4,8H,2,5-7H2,1H3. The predicted octanol–water partition coefficient (Wildman–Crippen LogP) is 1.69. The van der Waals surface area contributed by atoms with Crippen LogP contribution < -0.4 is 4.90 Å². The first-order valence-corrected chi connectivity index (χ1v) is 8.42. The van der Waals surface area contributed by atoms with Crippen LogP contribution in [0.3, 0.4) is 0 Å². The second-order valence-electron chi connectivity index (χ2n) is 4.60. The van der Waals surface area contributed by atoms with Crippen molar-refractivity contribution in [2.24, 2.45) is 0 Å². The SMILES string of the molecule is CCCS(=O)(=O)CCN1C(=O)C(=O)c2ccc(Cl)cc21. The number of hydrogen-bond acceptors (Lipinski definition) is 4. The molecule has 1 amide bonds. The Labute approximate surface area is 122 Å². The summed E-state index contributed by atoms with van der Waals surface area (Å²) in [5, 5.41) is 0.396. The van der Waals surface area contributed by atoms with Gasteiger partial charge in [0.25, 0.3) is 11.7 Å². The zero-order valence-electron chi connectivity index (χ0n) is 10.9. The zero-order valence-corrected chi connectivity index (χ0v) is 12.5. The van der Waals surface area contributed by atoms with Gasteiger partial charge in [-0.3, -0.25) is 9.59 Å². The highest BCUT2D eigenvalue weighted by atomic mass is 35.5. The van der Waals surface area contributed by atoms with Gasteiger partial charge in [0.2, 0.25) is 0 Å². The van der Waals surface area contributed by atoms with Crippen LogP contribution in [-0.4, -0.2) is 38.2 Å². The molecule has 1 heterocycles. The summed E-state index contributed by atoms with van der Waals surface area (Å²) in [4.78, 5) is 24.9. The number of amides is 1. The van der Waals surface area contributed by atoms with Gasteiger partial charge < -0.3 is 4.90 Å². The molecule has 0 radical (unpaired) electrons. The summed E-state index contributed by atoms with van der Waals surface area (Å²) < 4.78 is 23.4. The second-order valence-corrected chi connectivity index (χ2v) is 7.34. The highest BCUT2D eigenvalue weighted by molar-refractivity contribution is 7.91. The molecule has 0 aliphatic carbocycles. The van der Waals surface area contributed by atoms with E-state index in [0.29, 0.717) is 17.1 Å². The number of halogens is 1. The van der Waals surface area contributed by atoms with Gasteiger partial charge in [0.1, 0.15) is 0 Å². The molecule has 5 nitrogen and oxygen atoms in total. The third-order valence-electron chi connectivity index (χ3n) is 3.08. The van der Waals surface area contributed by atoms with Crippen molar-refractivity contribution < 1.29 is 18.0 Å². The monoisotopic (exact) mass is 315 g/mol. The van der Waals surface area contributed by atoms with Crippen LogP contribution in [-0.2, 0) is 14.6 Å². The number of anilines is 1. The number of nitrogens with zero attached hydrogens (tertiary/aromatic N) is 1. The van der Waals surface area contributed by atoms with Gasteiger partial charge in [-0.25, -0.2) is 8.42 Å². The number of hydrogen-bond donors (Lipinski definition) is 0. The summed E-state index contributed by atoms with van der Waals surface area (Å²) in [6, 6.07) is 4.52. The molecule has 1 aromatic carbocycles. The normalized spacial score (nSPS) is 14.8. The van der Waals surface area contributed by atoms with E-state index in [4.69, 9.17) is 11.6 Å². The Hall–Kier alpha value is -1.40. The molecule has 0 bridgehead atoms. The molecule has 1 aromatic rings. The number of carbonyl (C=O) groups is 2. The van der Waals surface area contributed by atoms with Gasteiger partial charge in [-0.2, -0.15) is 0 Å². The summed E-state index contributed by atoms with van der Waals surface area (Å²) >= 11 is 5.86. The fourth-order valence-corrected chi connectivity index (χ4v) is 3.59. The Kier molecular flexibility index (Phi) is 4.15. The van der Waals surface area contributed by atoms with Crippen molar-refractivity contribution in [1.29, 1.82) is 0 Å². The van der Waals surface area contributed by atoms with Crippen molar-refractivity contribution in [3.8, 4) is 0 Å². The minimum atomic E-state index is -3.21. The third kappa shape index (κ3) is 2.86. The molecular formula is C13H14ClNO4S. The van der Waals surface area contributed by atoms with Crippen LogP contribution in [0.5, 0.6) is 0 Å². The van der Waals surface area contributed by atoms with Crippen LogP contribution in [0.25, 0.3) is 0 Å². The van der Waals surface area contributed by atoms with Crippen molar-refractivity contribution >= 4 is 38.8 Å². The summed E-state index contributed by atoms with van der Waals surface area (Å²) in [6.07, 6.45) is 0.525. The Morgan fingerprint density at radius 3 is 2.55 bits per heavy atom. The van der Waals surface area contributed by atoms with E-state index in [1.807, 2.05) is 0 Å². The molecule has 0 aromatic heterocycles. The molecule has 7 heteroatoms. The number of benzene rings is 1. The summed E-state index contributed by atoms with van der Waals surface area (Å²) in [6.45, 7) is 1.75. The first-order valence-electron chi connectivity index (χ1n) is 6.22. The first-order chi connectivity index (χ1) is 9.35. The molecular weight excluding hydrogens is 302 g/mol. The highest BCUT2D eigenvalue weighted by Gasteiger charge is 2.36. The van der Waals surface area contributed by atoms with Crippen molar-refractivity contribution in [2.75, 3.05) is 23.0 Å². The lowest BCUT2D eigenvalue weighted by atomic mass is 10.1.